The quantitative estimate of drug-likeness (QED) is 0.847. The molecule has 2 aliphatic rings. The second-order valence-corrected chi connectivity index (χ2v) is 7.63. The van der Waals surface area contributed by atoms with Gasteiger partial charge in [0.25, 0.3) is 0 Å². The summed E-state index contributed by atoms with van der Waals surface area (Å²) < 4.78 is 26.2. The average molecular weight is 295 g/mol. The van der Waals surface area contributed by atoms with E-state index in [1.54, 1.807) is 19.1 Å². The number of hydrogen-bond donors (Lipinski definition) is 2. The largest absolute Gasteiger partial charge is 0.368 e. The summed E-state index contributed by atoms with van der Waals surface area (Å²) >= 11 is 0. The summed E-state index contributed by atoms with van der Waals surface area (Å²) in [5.74, 6) is 0.687. The first-order valence-corrected chi connectivity index (χ1v) is 8.56. The lowest BCUT2D eigenvalue weighted by Gasteiger charge is -2.49. The maximum Gasteiger partial charge on any atom is 0.240 e. The molecule has 1 aromatic rings. The lowest BCUT2D eigenvalue weighted by Crippen LogP contribution is -2.69. The van der Waals surface area contributed by atoms with Gasteiger partial charge in [0.2, 0.25) is 10.0 Å². The van der Waals surface area contributed by atoms with Crippen molar-refractivity contribution in [3.8, 4) is 0 Å². The van der Waals surface area contributed by atoms with Crippen LogP contribution in [0.25, 0.3) is 0 Å². The van der Waals surface area contributed by atoms with Crippen molar-refractivity contribution in [1.29, 1.82) is 0 Å². The van der Waals surface area contributed by atoms with Gasteiger partial charge in [-0.2, -0.15) is 0 Å². The van der Waals surface area contributed by atoms with E-state index in [0.717, 1.165) is 18.8 Å². The molecule has 1 aromatic carbocycles. The Kier molecular flexibility index (Phi) is 3.27. The molecule has 0 spiro atoms. The SMILES string of the molecule is CCNS(=O)(=O)c1ccc(N2CC(N)(C3CC3)C2)cc1. The van der Waals surface area contributed by atoms with Crippen molar-refractivity contribution in [3.05, 3.63) is 24.3 Å². The first-order valence-electron chi connectivity index (χ1n) is 7.08. The van der Waals surface area contributed by atoms with Crippen LogP contribution in [0, 0.1) is 5.92 Å². The van der Waals surface area contributed by atoms with Gasteiger partial charge in [-0.1, -0.05) is 6.92 Å². The van der Waals surface area contributed by atoms with Crippen molar-refractivity contribution < 1.29 is 8.42 Å². The van der Waals surface area contributed by atoms with Crippen LogP contribution in [0.3, 0.4) is 0 Å². The summed E-state index contributed by atoms with van der Waals surface area (Å²) in [6.45, 7) is 3.91. The van der Waals surface area contributed by atoms with Crippen LogP contribution in [-0.2, 0) is 10.0 Å². The zero-order chi connectivity index (χ0) is 14.4. The number of nitrogens with zero attached hydrogens (tertiary/aromatic N) is 1. The highest BCUT2D eigenvalue weighted by atomic mass is 32.2. The van der Waals surface area contributed by atoms with Gasteiger partial charge < -0.3 is 10.6 Å². The molecular weight excluding hydrogens is 274 g/mol. The minimum atomic E-state index is -3.36. The van der Waals surface area contributed by atoms with Crippen LogP contribution in [0.4, 0.5) is 5.69 Å². The molecule has 0 unspecified atom stereocenters. The van der Waals surface area contributed by atoms with Crippen LogP contribution in [-0.4, -0.2) is 33.6 Å². The number of hydrogen-bond acceptors (Lipinski definition) is 4. The molecule has 5 nitrogen and oxygen atoms in total. The molecule has 3 N–H and O–H groups in total. The monoisotopic (exact) mass is 295 g/mol. The number of sulfonamides is 1. The number of nitrogens with one attached hydrogen (secondary N) is 1. The normalized spacial score (nSPS) is 21.6. The molecule has 1 heterocycles. The summed E-state index contributed by atoms with van der Waals surface area (Å²) in [7, 11) is -3.36. The van der Waals surface area contributed by atoms with Crippen LogP contribution < -0.4 is 15.4 Å². The van der Waals surface area contributed by atoms with E-state index in [4.69, 9.17) is 5.73 Å². The Morgan fingerprint density at radius 2 is 1.90 bits per heavy atom. The van der Waals surface area contributed by atoms with E-state index in [9.17, 15) is 8.42 Å². The van der Waals surface area contributed by atoms with Gasteiger partial charge in [-0.3, -0.25) is 0 Å². The molecule has 1 aliphatic carbocycles. The maximum absolute atomic E-state index is 11.9. The first-order chi connectivity index (χ1) is 9.44. The van der Waals surface area contributed by atoms with Crippen molar-refractivity contribution in [2.75, 3.05) is 24.5 Å². The van der Waals surface area contributed by atoms with E-state index in [-0.39, 0.29) is 5.54 Å². The van der Waals surface area contributed by atoms with Crippen molar-refractivity contribution >= 4 is 15.7 Å². The average Bonchev–Trinajstić information content (AvgIpc) is 3.19. The molecule has 2 fully saturated rings. The van der Waals surface area contributed by atoms with Crippen molar-refractivity contribution in [2.24, 2.45) is 11.7 Å². The Hall–Kier alpha value is -1.11. The summed E-state index contributed by atoms with van der Waals surface area (Å²) in [5.41, 5.74) is 7.35. The van der Waals surface area contributed by atoms with E-state index in [1.807, 2.05) is 12.1 Å². The smallest absolute Gasteiger partial charge is 0.240 e. The lowest BCUT2D eigenvalue weighted by molar-refractivity contribution is 0.291. The molecule has 6 heteroatoms. The van der Waals surface area contributed by atoms with Gasteiger partial charge in [0.15, 0.2) is 0 Å². The second kappa shape index (κ2) is 4.72. The van der Waals surface area contributed by atoms with Gasteiger partial charge in [-0.15, -0.1) is 0 Å². The minimum absolute atomic E-state index is 0.0193. The van der Waals surface area contributed by atoms with E-state index in [0.29, 0.717) is 17.4 Å². The van der Waals surface area contributed by atoms with Crippen molar-refractivity contribution in [3.63, 3.8) is 0 Å². The fourth-order valence-electron chi connectivity index (χ4n) is 2.87. The standard InChI is InChI=1S/C14H21N3O2S/c1-2-16-20(18,19)13-7-5-12(6-8-13)17-9-14(15,10-17)11-3-4-11/h5-8,11,16H,2-4,9-10,15H2,1H3. The summed E-state index contributed by atoms with van der Waals surface area (Å²) in [4.78, 5) is 2.52. The van der Waals surface area contributed by atoms with Crippen molar-refractivity contribution in [2.45, 2.75) is 30.2 Å². The van der Waals surface area contributed by atoms with Gasteiger partial charge >= 0.3 is 0 Å². The summed E-state index contributed by atoms with van der Waals surface area (Å²) in [6, 6.07) is 7.02. The molecule has 0 bridgehead atoms. The lowest BCUT2D eigenvalue weighted by atomic mass is 9.85. The molecule has 0 amide bonds. The Labute approximate surface area is 120 Å². The first kappa shape index (κ1) is 13.9. The highest BCUT2D eigenvalue weighted by molar-refractivity contribution is 7.89. The third kappa shape index (κ3) is 2.43. The van der Waals surface area contributed by atoms with Gasteiger partial charge in [-0.25, -0.2) is 13.1 Å². The minimum Gasteiger partial charge on any atom is -0.368 e. The number of anilines is 1. The fourth-order valence-corrected chi connectivity index (χ4v) is 3.91. The Bertz CT molecular complexity index is 587. The van der Waals surface area contributed by atoms with Crippen LogP contribution in [0.5, 0.6) is 0 Å². The fraction of sp³-hybridized carbons (Fsp3) is 0.571. The van der Waals surface area contributed by atoms with Crippen molar-refractivity contribution in [1.82, 2.24) is 4.72 Å². The Morgan fingerprint density at radius 1 is 1.30 bits per heavy atom. The summed E-state index contributed by atoms with van der Waals surface area (Å²) in [6.07, 6.45) is 2.51. The number of rotatable bonds is 5. The number of nitrogens with two attached hydrogens (primary N) is 1. The highest BCUT2D eigenvalue weighted by Gasteiger charge is 2.50. The highest BCUT2D eigenvalue weighted by Crippen LogP contribution is 2.44. The predicted octanol–water partition coefficient (Wildman–Crippen LogP) is 0.912. The van der Waals surface area contributed by atoms with Crippen LogP contribution in [0.1, 0.15) is 19.8 Å². The van der Waals surface area contributed by atoms with Crippen LogP contribution in [0.2, 0.25) is 0 Å². The van der Waals surface area contributed by atoms with Crippen LogP contribution in [0.15, 0.2) is 29.2 Å². The molecule has 0 atom stereocenters. The van der Waals surface area contributed by atoms with E-state index in [1.165, 1.54) is 12.8 Å². The molecule has 1 saturated carbocycles. The predicted molar refractivity (Wildman–Crippen MR) is 79.2 cm³/mol. The Balaban J connectivity index is 1.68. The molecule has 110 valence electrons. The number of benzene rings is 1. The Morgan fingerprint density at radius 3 is 2.40 bits per heavy atom. The summed E-state index contributed by atoms with van der Waals surface area (Å²) in [5, 5.41) is 0. The maximum atomic E-state index is 11.9. The van der Waals surface area contributed by atoms with E-state index < -0.39 is 10.0 Å². The zero-order valence-corrected chi connectivity index (χ0v) is 12.5. The third-order valence-corrected chi connectivity index (χ3v) is 5.77. The molecule has 3 rings (SSSR count). The van der Waals surface area contributed by atoms with Gasteiger partial charge in [0, 0.05) is 25.3 Å². The second-order valence-electron chi connectivity index (χ2n) is 5.86. The molecular formula is C14H21N3O2S. The van der Waals surface area contributed by atoms with E-state index in [2.05, 4.69) is 9.62 Å². The topological polar surface area (TPSA) is 75.4 Å². The zero-order valence-electron chi connectivity index (χ0n) is 11.7. The van der Waals surface area contributed by atoms with Gasteiger partial charge in [0.1, 0.15) is 0 Å². The molecule has 20 heavy (non-hydrogen) atoms. The molecule has 1 aliphatic heterocycles. The molecule has 1 saturated heterocycles. The van der Waals surface area contributed by atoms with E-state index >= 15 is 0 Å². The third-order valence-electron chi connectivity index (χ3n) is 4.21. The van der Waals surface area contributed by atoms with Crippen LogP contribution >= 0.6 is 0 Å². The molecule has 0 radical (unpaired) electrons. The molecule has 0 aromatic heterocycles. The van der Waals surface area contributed by atoms with Gasteiger partial charge in [-0.05, 0) is 43.0 Å². The van der Waals surface area contributed by atoms with Gasteiger partial charge in [0.05, 0.1) is 10.4 Å².